The highest BCUT2D eigenvalue weighted by molar-refractivity contribution is 5.85. The van der Waals surface area contributed by atoms with E-state index in [9.17, 15) is 4.79 Å². The minimum absolute atomic E-state index is 0. The van der Waals surface area contributed by atoms with Crippen LogP contribution in [-0.2, 0) is 0 Å². The maximum Gasteiger partial charge on any atom is 0.251 e. The zero-order valence-corrected chi connectivity index (χ0v) is 16.0. The molecule has 0 spiro atoms. The molecule has 2 aromatic heterocycles. The predicted octanol–water partition coefficient (Wildman–Crippen LogP) is 3.25. The van der Waals surface area contributed by atoms with Crippen molar-refractivity contribution in [2.75, 3.05) is 18.0 Å². The monoisotopic (exact) mass is 393 g/mol. The number of piperidine rings is 1. The van der Waals surface area contributed by atoms with Gasteiger partial charge in [0.05, 0.1) is 22.9 Å². The Labute approximate surface area is 163 Å². The van der Waals surface area contributed by atoms with Crippen LogP contribution in [0.15, 0.2) is 41.3 Å². The number of nitrogens with zero attached hydrogens (tertiary/aromatic N) is 4. The van der Waals surface area contributed by atoms with E-state index in [-0.39, 0.29) is 36.3 Å². The van der Waals surface area contributed by atoms with Crippen LogP contribution >= 0.6 is 24.8 Å². The lowest BCUT2D eigenvalue weighted by atomic mass is 9.94. The average molecular weight is 394 g/mol. The van der Waals surface area contributed by atoms with Crippen molar-refractivity contribution in [3.8, 4) is 0 Å². The summed E-state index contributed by atoms with van der Waals surface area (Å²) in [7, 11) is 0. The maximum absolute atomic E-state index is 11.7. The van der Waals surface area contributed by atoms with Crippen molar-refractivity contribution in [3.05, 3.63) is 58.4 Å². The molecule has 0 saturated carbocycles. The van der Waals surface area contributed by atoms with Crippen molar-refractivity contribution >= 4 is 41.7 Å². The smallest absolute Gasteiger partial charge is 0.251 e. The molecule has 1 N–H and O–H groups in total. The van der Waals surface area contributed by atoms with E-state index in [1.165, 1.54) is 0 Å². The minimum Gasteiger partial charge on any atom is -0.355 e. The largest absolute Gasteiger partial charge is 0.355 e. The van der Waals surface area contributed by atoms with Crippen LogP contribution in [0, 0.1) is 6.92 Å². The maximum atomic E-state index is 11.7. The summed E-state index contributed by atoms with van der Waals surface area (Å²) in [5.41, 5.74) is 2.60. The first-order chi connectivity index (χ1) is 11.7. The van der Waals surface area contributed by atoms with Gasteiger partial charge in [0.15, 0.2) is 0 Å². The van der Waals surface area contributed by atoms with E-state index in [1.807, 2.05) is 37.4 Å². The topological polar surface area (TPSA) is 74.8 Å². The predicted molar refractivity (Wildman–Crippen MR) is 108 cm³/mol. The van der Waals surface area contributed by atoms with Gasteiger partial charge in [0.1, 0.15) is 11.6 Å². The van der Waals surface area contributed by atoms with E-state index in [0.29, 0.717) is 5.82 Å². The molecular formula is C18H21Cl2N5O. The molecule has 0 amide bonds. The molecule has 0 bridgehead atoms. The number of aryl methyl sites for hydroxylation is 1. The molecule has 4 rings (SSSR count). The fraction of sp³-hybridized carbons (Fsp3) is 0.333. The molecule has 1 fully saturated rings. The highest BCUT2D eigenvalue weighted by Crippen LogP contribution is 2.28. The standard InChI is InChI=1S/C18H19N5O.2ClH/c1-12-20-16(9-18(24)21-12)13-5-4-8-23(11-13)17-10-19-14-6-2-3-7-15(14)22-17;;/h2-3,6-7,9-10,13H,4-5,8,11H2,1H3,(H,20,21,24);2*1H. The highest BCUT2D eigenvalue weighted by Gasteiger charge is 2.24. The van der Waals surface area contributed by atoms with Gasteiger partial charge in [-0.05, 0) is 31.9 Å². The Balaban J connectivity index is 0.00000121. The van der Waals surface area contributed by atoms with Crippen LogP contribution in [0.2, 0.25) is 0 Å². The van der Waals surface area contributed by atoms with Crippen LogP contribution < -0.4 is 10.5 Å². The first-order valence-corrected chi connectivity index (χ1v) is 8.23. The molecule has 1 unspecified atom stereocenters. The van der Waals surface area contributed by atoms with Gasteiger partial charge in [0.2, 0.25) is 0 Å². The van der Waals surface area contributed by atoms with Crippen LogP contribution in [0.4, 0.5) is 5.82 Å². The van der Waals surface area contributed by atoms with Gasteiger partial charge in [-0.15, -0.1) is 24.8 Å². The average Bonchev–Trinajstić information content (AvgIpc) is 2.60. The lowest BCUT2D eigenvalue weighted by molar-refractivity contribution is 0.496. The van der Waals surface area contributed by atoms with Crippen LogP contribution in [-0.4, -0.2) is 33.0 Å². The van der Waals surface area contributed by atoms with Gasteiger partial charge in [-0.2, -0.15) is 0 Å². The molecule has 1 atom stereocenters. The van der Waals surface area contributed by atoms with Crippen molar-refractivity contribution in [3.63, 3.8) is 0 Å². The second kappa shape index (κ2) is 8.47. The Hall–Kier alpha value is -2.18. The van der Waals surface area contributed by atoms with Crippen molar-refractivity contribution < 1.29 is 0 Å². The van der Waals surface area contributed by atoms with E-state index < -0.39 is 0 Å². The molecule has 1 aliphatic rings. The molecule has 0 aliphatic carbocycles. The quantitative estimate of drug-likeness (QED) is 0.722. The molecule has 8 heteroatoms. The van der Waals surface area contributed by atoms with Crippen LogP contribution in [0.3, 0.4) is 0 Å². The number of rotatable bonds is 2. The summed E-state index contributed by atoms with van der Waals surface area (Å²) < 4.78 is 0. The molecule has 3 heterocycles. The lowest BCUT2D eigenvalue weighted by Crippen LogP contribution is -2.35. The number of fused-ring (bicyclic) bond motifs is 1. The van der Waals surface area contributed by atoms with E-state index in [4.69, 9.17) is 4.98 Å². The number of hydrogen-bond donors (Lipinski definition) is 1. The van der Waals surface area contributed by atoms with Gasteiger partial charge in [0.25, 0.3) is 5.56 Å². The second-order valence-electron chi connectivity index (χ2n) is 6.26. The molecule has 138 valence electrons. The minimum atomic E-state index is -0.0832. The number of aromatic nitrogens is 4. The van der Waals surface area contributed by atoms with Crippen molar-refractivity contribution in [1.29, 1.82) is 0 Å². The number of nitrogens with one attached hydrogen (secondary N) is 1. The van der Waals surface area contributed by atoms with Crippen molar-refractivity contribution in [2.45, 2.75) is 25.7 Å². The first-order valence-electron chi connectivity index (χ1n) is 8.23. The third kappa shape index (κ3) is 4.14. The second-order valence-corrected chi connectivity index (χ2v) is 6.26. The van der Waals surface area contributed by atoms with E-state index >= 15 is 0 Å². The Morgan fingerprint density at radius 2 is 1.92 bits per heavy atom. The summed E-state index contributed by atoms with van der Waals surface area (Å²) in [6.07, 6.45) is 3.92. The summed E-state index contributed by atoms with van der Waals surface area (Å²) >= 11 is 0. The molecular weight excluding hydrogens is 373 g/mol. The number of hydrogen-bond acceptors (Lipinski definition) is 5. The van der Waals surface area contributed by atoms with Crippen molar-refractivity contribution in [1.82, 2.24) is 19.9 Å². The zero-order chi connectivity index (χ0) is 16.5. The summed E-state index contributed by atoms with van der Waals surface area (Å²) in [6.45, 7) is 3.58. The third-order valence-electron chi connectivity index (χ3n) is 4.48. The van der Waals surface area contributed by atoms with Crippen LogP contribution in [0.5, 0.6) is 0 Å². The van der Waals surface area contributed by atoms with Crippen LogP contribution in [0.1, 0.15) is 30.3 Å². The molecule has 3 aromatic rings. The normalized spacial score (nSPS) is 16.7. The van der Waals surface area contributed by atoms with Gasteiger partial charge in [-0.25, -0.2) is 9.97 Å². The SMILES string of the molecule is Cc1nc(C2CCCN(c3cnc4ccccc4n3)C2)cc(=O)[nH]1.Cl.Cl. The summed E-state index contributed by atoms with van der Waals surface area (Å²) in [6, 6.07) is 9.51. The van der Waals surface area contributed by atoms with Gasteiger partial charge in [0, 0.05) is 25.1 Å². The Kier molecular flexibility index (Phi) is 6.56. The molecule has 26 heavy (non-hydrogen) atoms. The summed E-state index contributed by atoms with van der Waals surface area (Å²) in [4.78, 5) is 30.4. The fourth-order valence-electron chi connectivity index (χ4n) is 3.34. The third-order valence-corrected chi connectivity index (χ3v) is 4.48. The van der Waals surface area contributed by atoms with Crippen LogP contribution in [0.25, 0.3) is 11.0 Å². The zero-order valence-electron chi connectivity index (χ0n) is 14.4. The first kappa shape index (κ1) is 20.1. The summed E-state index contributed by atoms with van der Waals surface area (Å²) in [5, 5.41) is 0. The number of benzene rings is 1. The highest BCUT2D eigenvalue weighted by atomic mass is 35.5. The number of anilines is 1. The molecule has 6 nitrogen and oxygen atoms in total. The van der Waals surface area contributed by atoms with Gasteiger partial charge >= 0.3 is 0 Å². The number of para-hydroxylation sites is 2. The van der Waals surface area contributed by atoms with Gasteiger partial charge in [-0.1, -0.05) is 12.1 Å². The Bertz CT molecular complexity index is 946. The molecule has 1 aliphatic heterocycles. The molecule has 1 saturated heterocycles. The number of aromatic amines is 1. The van der Waals surface area contributed by atoms with E-state index in [2.05, 4.69) is 19.9 Å². The molecule has 0 radical (unpaired) electrons. The van der Waals surface area contributed by atoms with Gasteiger partial charge in [-0.3, -0.25) is 9.78 Å². The molecule has 1 aromatic carbocycles. The van der Waals surface area contributed by atoms with E-state index in [0.717, 1.165) is 48.5 Å². The Morgan fingerprint density at radius 3 is 2.69 bits per heavy atom. The van der Waals surface area contributed by atoms with Crippen molar-refractivity contribution in [2.24, 2.45) is 0 Å². The number of H-pyrrole nitrogens is 1. The lowest BCUT2D eigenvalue weighted by Gasteiger charge is -2.33. The van der Waals surface area contributed by atoms with Gasteiger partial charge < -0.3 is 9.88 Å². The number of halogens is 2. The fourth-order valence-corrected chi connectivity index (χ4v) is 3.34. The Morgan fingerprint density at radius 1 is 1.15 bits per heavy atom. The van der Waals surface area contributed by atoms with E-state index in [1.54, 1.807) is 6.07 Å². The summed E-state index contributed by atoms with van der Waals surface area (Å²) in [5.74, 6) is 1.80.